The zero-order valence-electron chi connectivity index (χ0n) is 22.8. The maximum Gasteiger partial charge on any atom is 0.0726 e. The first-order valence-corrected chi connectivity index (χ1v) is 14.5. The normalized spacial score (nSPS) is 18.2. The van der Waals surface area contributed by atoms with Gasteiger partial charge in [0.25, 0.3) is 0 Å². The fourth-order valence-electron chi connectivity index (χ4n) is 7.11. The smallest absolute Gasteiger partial charge is 0.0726 e. The molecule has 0 aliphatic heterocycles. The summed E-state index contributed by atoms with van der Waals surface area (Å²) in [6.07, 6.45) is 16.1. The molecule has 2 unspecified atom stereocenters. The molecule has 0 radical (unpaired) electrons. The van der Waals surface area contributed by atoms with E-state index < -0.39 is 0 Å². The van der Waals surface area contributed by atoms with E-state index in [-0.39, 0.29) is 24.8 Å². The lowest BCUT2D eigenvalue weighted by Gasteiger charge is -2.27. The molecule has 208 valence electrons. The van der Waals surface area contributed by atoms with Crippen LogP contribution in [-0.2, 0) is 12.8 Å². The third-order valence-electron chi connectivity index (χ3n) is 8.96. The van der Waals surface area contributed by atoms with Gasteiger partial charge in [-0.1, -0.05) is 68.5 Å². The van der Waals surface area contributed by atoms with Crippen molar-refractivity contribution in [2.45, 2.75) is 95.3 Å². The molecule has 0 bridgehead atoms. The van der Waals surface area contributed by atoms with Gasteiger partial charge in [0.2, 0.25) is 0 Å². The summed E-state index contributed by atoms with van der Waals surface area (Å²) in [5.74, 6) is 1.15. The molecule has 4 nitrogen and oxygen atoms in total. The van der Waals surface area contributed by atoms with Crippen molar-refractivity contribution in [3.63, 3.8) is 0 Å². The first kappa shape index (κ1) is 29.4. The van der Waals surface area contributed by atoms with Gasteiger partial charge in [0.05, 0.1) is 11.0 Å². The summed E-state index contributed by atoms with van der Waals surface area (Å²) in [6.45, 7) is 0. The van der Waals surface area contributed by atoms with Crippen molar-refractivity contribution in [1.82, 2.24) is 9.97 Å². The highest BCUT2D eigenvalue weighted by atomic mass is 35.5. The lowest BCUT2D eigenvalue weighted by molar-refractivity contribution is 0.463. The van der Waals surface area contributed by atoms with E-state index in [1.807, 2.05) is 0 Å². The maximum atomic E-state index is 6.69. The number of aryl methyl sites for hydroxylation is 2. The molecule has 0 fully saturated rings. The minimum absolute atomic E-state index is 0. The van der Waals surface area contributed by atoms with Crippen LogP contribution in [0.25, 0.3) is 21.8 Å². The molecule has 4 N–H and O–H groups in total. The van der Waals surface area contributed by atoms with Gasteiger partial charge in [-0.15, -0.1) is 24.8 Å². The van der Waals surface area contributed by atoms with Crippen LogP contribution in [0.2, 0.25) is 0 Å². The van der Waals surface area contributed by atoms with E-state index in [0.717, 1.165) is 46.0 Å². The van der Waals surface area contributed by atoms with Crippen molar-refractivity contribution in [2.24, 2.45) is 0 Å². The van der Waals surface area contributed by atoms with Crippen LogP contribution >= 0.6 is 24.8 Å². The summed E-state index contributed by atoms with van der Waals surface area (Å²) in [7, 11) is 0. The van der Waals surface area contributed by atoms with E-state index >= 15 is 0 Å². The van der Waals surface area contributed by atoms with E-state index in [2.05, 4.69) is 48.5 Å². The average molecular weight is 566 g/mol. The van der Waals surface area contributed by atoms with Crippen LogP contribution in [0.1, 0.15) is 105 Å². The average Bonchev–Trinajstić information content (AvgIpc) is 2.92. The molecule has 2 aromatic carbocycles. The van der Waals surface area contributed by atoms with Crippen LogP contribution in [0.15, 0.2) is 48.5 Å². The molecule has 0 spiro atoms. The third kappa shape index (κ3) is 5.98. The molecule has 6 rings (SSSR count). The van der Waals surface area contributed by atoms with Gasteiger partial charge < -0.3 is 11.5 Å². The number of nitrogens with two attached hydrogens (primary N) is 2. The Balaban J connectivity index is 0.00000176. The van der Waals surface area contributed by atoms with E-state index in [9.17, 15) is 0 Å². The topological polar surface area (TPSA) is 77.8 Å². The summed E-state index contributed by atoms with van der Waals surface area (Å²) < 4.78 is 0. The zero-order chi connectivity index (χ0) is 25.2. The number of hydrogen-bond acceptors (Lipinski definition) is 4. The third-order valence-corrected chi connectivity index (χ3v) is 8.96. The van der Waals surface area contributed by atoms with Crippen molar-refractivity contribution in [1.29, 1.82) is 0 Å². The van der Waals surface area contributed by atoms with Gasteiger partial charge in [0, 0.05) is 44.7 Å². The standard InChI is InChI=1S/C33H40N4.2ClH/c34-32-24-16-6-8-18-26(24)36-28-20-10-14-22(30(28)32)12-4-2-1-3-5-13-23-15-11-21-29-31(23)33(35)25-17-7-9-19-27(25)37-29;;/h6-9,16-19,22-23H,1-5,10-15,20-21H2,(H2,34,36)(H2,35,37);2*1H. The summed E-state index contributed by atoms with van der Waals surface area (Å²) in [4.78, 5) is 9.97. The van der Waals surface area contributed by atoms with E-state index in [0.29, 0.717) is 11.8 Å². The number of rotatable bonds is 8. The highest BCUT2D eigenvalue weighted by Crippen LogP contribution is 2.42. The Hall–Kier alpha value is -2.56. The molecule has 4 aromatic rings. The largest absolute Gasteiger partial charge is 0.398 e. The van der Waals surface area contributed by atoms with Crippen LogP contribution in [0, 0.1) is 0 Å². The Morgan fingerprint density at radius 2 is 1.00 bits per heavy atom. The number of fused-ring (bicyclic) bond motifs is 4. The Kier molecular flexibility index (Phi) is 9.96. The van der Waals surface area contributed by atoms with Crippen LogP contribution in [-0.4, -0.2) is 9.97 Å². The van der Waals surface area contributed by atoms with Crippen molar-refractivity contribution in [2.75, 3.05) is 11.5 Å². The maximum absolute atomic E-state index is 6.69. The Morgan fingerprint density at radius 1 is 0.590 bits per heavy atom. The molecule has 2 heterocycles. The second kappa shape index (κ2) is 13.2. The molecule has 39 heavy (non-hydrogen) atoms. The summed E-state index contributed by atoms with van der Waals surface area (Å²) in [6, 6.07) is 16.7. The van der Waals surface area contributed by atoms with Crippen LogP contribution in [0.5, 0.6) is 0 Å². The van der Waals surface area contributed by atoms with Gasteiger partial charge in [0.15, 0.2) is 0 Å². The number of anilines is 2. The Labute approximate surface area is 245 Å². The van der Waals surface area contributed by atoms with Gasteiger partial charge >= 0.3 is 0 Å². The highest BCUT2D eigenvalue weighted by molar-refractivity contribution is 5.93. The minimum atomic E-state index is 0. The first-order chi connectivity index (χ1) is 18.2. The lowest BCUT2D eigenvalue weighted by atomic mass is 9.80. The van der Waals surface area contributed by atoms with Crippen molar-refractivity contribution in [3.8, 4) is 0 Å². The second-order valence-electron chi connectivity index (χ2n) is 11.3. The molecule has 2 aliphatic carbocycles. The van der Waals surface area contributed by atoms with Crippen molar-refractivity contribution >= 4 is 58.0 Å². The van der Waals surface area contributed by atoms with Gasteiger partial charge in [-0.05, 0) is 75.3 Å². The van der Waals surface area contributed by atoms with E-state index in [4.69, 9.17) is 21.4 Å². The van der Waals surface area contributed by atoms with Crippen LogP contribution in [0.3, 0.4) is 0 Å². The molecule has 2 aliphatic rings. The Morgan fingerprint density at radius 3 is 1.46 bits per heavy atom. The van der Waals surface area contributed by atoms with Gasteiger partial charge in [-0.2, -0.15) is 0 Å². The quantitative estimate of drug-likeness (QED) is 0.209. The molecule has 0 saturated carbocycles. The fourth-order valence-corrected chi connectivity index (χ4v) is 7.11. The highest BCUT2D eigenvalue weighted by Gasteiger charge is 2.26. The number of nitrogens with zero attached hydrogens (tertiary/aromatic N) is 2. The fraction of sp³-hybridized carbons (Fsp3) is 0.455. The summed E-state index contributed by atoms with van der Waals surface area (Å²) >= 11 is 0. The molecule has 0 amide bonds. The lowest BCUT2D eigenvalue weighted by Crippen LogP contribution is -2.15. The predicted molar refractivity (Wildman–Crippen MR) is 170 cm³/mol. The number of nitrogen functional groups attached to an aromatic ring is 2. The number of hydrogen-bond donors (Lipinski definition) is 2. The Bertz CT molecular complexity index is 1310. The van der Waals surface area contributed by atoms with Crippen molar-refractivity contribution in [3.05, 3.63) is 71.0 Å². The predicted octanol–water partition coefficient (Wildman–Crippen LogP) is 9.06. The minimum Gasteiger partial charge on any atom is -0.398 e. The second-order valence-corrected chi connectivity index (χ2v) is 11.3. The number of para-hydroxylation sites is 2. The van der Waals surface area contributed by atoms with Gasteiger partial charge in [0.1, 0.15) is 0 Å². The monoisotopic (exact) mass is 564 g/mol. The number of halogens is 2. The van der Waals surface area contributed by atoms with Crippen molar-refractivity contribution < 1.29 is 0 Å². The van der Waals surface area contributed by atoms with Crippen LogP contribution < -0.4 is 11.5 Å². The molecule has 2 aromatic heterocycles. The van der Waals surface area contributed by atoms with E-state index in [1.165, 1.54) is 93.1 Å². The van der Waals surface area contributed by atoms with Gasteiger partial charge in [-0.3, -0.25) is 9.97 Å². The molecular formula is C33H42Cl2N4. The number of pyridine rings is 2. The molecule has 0 saturated heterocycles. The summed E-state index contributed by atoms with van der Waals surface area (Å²) in [5, 5.41) is 2.25. The SMILES string of the molecule is Cl.Cl.Nc1c2c(nc3ccccc13)CCCC2CCCCCCCC1CCCc2nc3ccccc3c(N)c21. The first-order valence-electron chi connectivity index (χ1n) is 14.5. The number of aromatic nitrogens is 2. The van der Waals surface area contributed by atoms with Crippen LogP contribution in [0.4, 0.5) is 11.4 Å². The molecule has 6 heteroatoms. The van der Waals surface area contributed by atoms with Gasteiger partial charge in [-0.25, -0.2) is 0 Å². The number of benzene rings is 2. The molecular weight excluding hydrogens is 523 g/mol. The molecule has 2 atom stereocenters. The van der Waals surface area contributed by atoms with E-state index in [1.54, 1.807) is 0 Å². The summed E-state index contributed by atoms with van der Waals surface area (Å²) in [5.41, 5.74) is 22.7. The number of unbranched alkanes of at least 4 members (excludes halogenated alkanes) is 4. The zero-order valence-corrected chi connectivity index (χ0v) is 24.5.